The van der Waals surface area contributed by atoms with E-state index in [1.807, 2.05) is 27.7 Å². The first-order valence-corrected chi connectivity index (χ1v) is 4.77. The minimum Gasteiger partial charge on any atom is -0.276 e. The molecular weight excluding hydrogens is 166 g/mol. The van der Waals surface area contributed by atoms with Gasteiger partial charge >= 0.3 is 0 Å². The van der Waals surface area contributed by atoms with E-state index >= 15 is 0 Å². The number of carbonyl (C=O) groups is 2. The normalized spacial score (nSPS) is 22.5. The Morgan fingerprint density at radius 3 is 2.46 bits per heavy atom. The topological polar surface area (TPSA) is 37.4 Å². The van der Waals surface area contributed by atoms with Gasteiger partial charge in [0.05, 0.1) is 12.0 Å². The van der Waals surface area contributed by atoms with Gasteiger partial charge in [0.25, 0.3) is 0 Å². The van der Waals surface area contributed by atoms with E-state index in [9.17, 15) is 9.59 Å². The first-order valence-electron chi connectivity index (χ1n) is 4.77. The zero-order valence-electron chi connectivity index (χ0n) is 8.76. The first kappa shape index (κ1) is 10.2. The largest absolute Gasteiger partial charge is 0.276 e. The van der Waals surface area contributed by atoms with Crippen molar-refractivity contribution >= 4 is 11.8 Å². The van der Waals surface area contributed by atoms with Gasteiger partial charge in [0.15, 0.2) is 0 Å². The van der Waals surface area contributed by atoms with E-state index in [4.69, 9.17) is 0 Å². The van der Waals surface area contributed by atoms with E-state index in [0.717, 1.165) is 6.42 Å². The summed E-state index contributed by atoms with van der Waals surface area (Å²) in [6.45, 7) is 7.67. The molecule has 0 N–H and O–H groups in total. The Morgan fingerprint density at radius 2 is 2.15 bits per heavy atom. The molecule has 1 rings (SSSR count). The maximum atomic E-state index is 11.7. The quantitative estimate of drug-likeness (QED) is 0.609. The zero-order valence-corrected chi connectivity index (χ0v) is 8.76. The molecule has 0 bridgehead atoms. The van der Waals surface area contributed by atoms with Crippen LogP contribution in [0.3, 0.4) is 0 Å². The number of imide groups is 1. The van der Waals surface area contributed by atoms with Crippen molar-refractivity contribution < 1.29 is 9.59 Å². The van der Waals surface area contributed by atoms with Gasteiger partial charge in [-0.15, -0.1) is 0 Å². The Hall–Kier alpha value is -0.860. The van der Waals surface area contributed by atoms with Crippen LogP contribution in [0.4, 0.5) is 0 Å². The molecule has 13 heavy (non-hydrogen) atoms. The Bertz CT molecular complexity index is 245. The molecule has 0 radical (unpaired) electrons. The second-order valence-corrected chi connectivity index (χ2v) is 4.37. The molecule has 0 spiro atoms. The standard InChI is InChI=1S/C10H17NO2/c1-5-7(2)9(13)11-8(12)6-10(11,3)4/h7H,5-6H2,1-4H3. The van der Waals surface area contributed by atoms with Gasteiger partial charge in [0.1, 0.15) is 0 Å². The minimum absolute atomic E-state index is 0.0243. The van der Waals surface area contributed by atoms with Gasteiger partial charge in [0, 0.05) is 5.92 Å². The minimum atomic E-state index is -0.252. The molecule has 3 nitrogen and oxygen atoms in total. The van der Waals surface area contributed by atoms with E-state index in [-0.39, 0.29) is 23.3 Å². The van der Waals surface area contributed by atoms with Crippen molar-refractivity contribution in [3.63, 3.8) is 0 Å². The van der Waals surface area contributed by atoms with Crippen molar-refractivity contribution in [1.29, 1.82) is 0 Å². The summed E-state index contributed by atoms with van der Waals surface area (Å²) in [5, 5.41) is 0. The van der Waals surface area contributed by atoms with Crippen molar-refractivity contribution in [1.82, 2.24) is 4.90 Å². The van der Waals surface area contributed by atoms with Crippen LogP contribution in [-0.2, 0) is 9.59 Å². The molecule has 2 amide bonds. The Labute approximate surface area is 79.1 Å². The lowest BCUT2D eigenvalue weighted by atomic mass is 9.86. The number of rotatable bonds is 2. The summed E-state index contributed by atoms with van der Waals surface area (Å²) in [6, 6.07) is 0. The fourth-order valence-electron chi connectivity index (χ4n) is 1.59. The van der Waals surface area contributed by atoms with Gasteiger partial charge in [-0.1, -0.05) is 13.8 Å². The lowest BCUT2D eigenvalue weighted by Crippen LogP contribution is -2.63. The summed E-state index contributed by atoms with van der Waals surface area (Å²) in [6.07, 6.45) is 1.29. The molecule has 1 fully saturated rings. The van der Waals surface area contributed by atoms with Crippen LogP contribution in [0.2, 0.25) is 0 Å². The molecule has 0 saturated carbocycles. The number of β-lactam (4-membered cyclic amide) rings is 1. The number of carbonyl (C=O) groups excluding carboxylic acids is 2. The van der Waals surface area contributed by atoms with Gasteiger partial charge in [-0.3, -0.25) is 14.5 Å². The SMILES string of the molecule is CCC(C)C(=O)N1C(=O)CC1(C)C. The van der Waals surface area contributed by atoms with E-state index < -0.39 is 0 Å². The predicted molar refractivity (Wildman–Crippen MR) is 50.0 cm³/mol. The fraction of sp³-hybridized carbons (Fsp3) is 0.800. The molecule has 0 aromatic carbocycles. The molecule has 3 heteroatoms. The summed E-state index contributed by atoms with van der Waals surface area (Å²) < 4.78 is 0. The maximum Gasteiger partial charge on any atom is 0.232 e. The third-order valence-electron chi connectivity index (χ3n) is 2.69. The summed E-state index contributed by atoms with van der Waals surface area (Å²) in [5.41, 5.74) is -0.252. The van der Waals surface area contributed by atoms with Gasteiger partial charge in [-0.25, -0.2) is 0 Å². The first-order chi connectivity index (χ1) is 5.90. The number of hydrogen-bond donors (Lipinski definition) is 0. The molecule has 1 atom stereocenters. The molecule has 1 heterocycles. The van der Waals surface area contributed by atoms with Crippen LogP contribution >= 0.6 is 0 Å². The molecule has 74 valence electrons. The maximum absolute atomic E-state index is 11.7. The third-order valence-corrected chi connectivity index (χ3v) is 2.69. The second-order valence-electron chi connectivity index (χ2n) is 4.37. The predicted octanol–water partition coefficient (Wildman–Crippen LogP) is 1.57. The molecule has 1 saturated heterocycles. The van der Waals surface area contributed by atoms with Crippen LogP contribution < -0.4 is 0 Å². The number of likely N-dealkylation sites (tertiary alicyclic amines) is 1. The molecule has 0 aromatic rings. The van der Waals surface area contributed by atoms with E-state index in [2.05, 4.69) is 0 Å². The molecular formula is C10H17NO2. The van der Waals surface area contributed by atoms with Gasteiger partial charge < -0.3 is 0 Å². The monoisotopic (exact) mass is 183 g/mol. The van der Waals surface area contributed by atoms with Gasteiger partial charge in [-0.05, 0) is 20.3 Å². The van der Waals surface area contributed by atoms with Crippen LogP contribution in [0, 0.1) is 5.92 Å². The number of hydrogen-bond acceptors (Lipinski definition) is 2. The highest BCUT2D eigenvalue weighted by Gasteiger charge is 2.47. The molecule has 0 aromatic heterocycles. The van der Waals surface area contributed by atoms with Crippen LogP contribution in [-0.4, -0.2) is 22.3 Å². The molecule has 1 aliphatic rings. The van der Waals surface area contributed by atoms with Crippen molar-refractivity contribution in [3.8, 4) is 0 Å². The van der Waals surface area contributed by atoms with Crippen LogP contribution in [0.15, 0.2) is 0 Å². The highest BCUT2D eigenvalue weighted by molar-refractivity contribution is 6.02. The van der Waals surface area contributed by atoms with Gasteiger partial charge in [0.2, 0.25) is 11.8 Å². The van der Waals surface area contributed by atoms with E-state index in [1.54, 1.807) is 0 Å². The van der Waals surface area contributed by atoms with Crippen molar-refractivity contribution in [2.24, 2.45) is 5.92 Å². The summed E-state index contributed by atoms with van der Waals surface area (Å²) in [4.78, 5) is 24.3. The van der Waals surface area contributed by atoms with Crippen LogP contribution in [0.5, 0.6) is 0 Å². The summed E-state index contributed by atoms with van der Waals surface area (Å²) in [5.74, 6) is -0.0948. The average molecular weight is 183 g/mol. The average Bonchev–Trinajstić information content (AvgIpc) is 2.00. The van der Waals surface area contributed by atoms with Gasteiger partial charge in [-0.2, -0.15) is 0 Å². The molecule has 0 aliphatic carbocycles. The van der Waals surface area contributed by atoms with Crippen molar-refractivity contribution in [2.75, 3.05) is 0 Å². The van der Waals surface area contributed by atoms with Crippen LogP contribution in [0.1, 0.15) is 40.5 Å². The lowest BCUT2D eigenvalue weighted by molar-refractivity contribution is -0.167. The fourth-order valence-corrected chi connectivity index (χ4v) is 1.59. The number of amides is 2. The highest BCUT2D eigenvalue weighted by atomic mass is 16.2. The van der Waals surface area contributed by atoms with Crippen molar-refractivity contribution in [2.45, 2.75) is 46.1 Å². The van der Waals surface area contributed by atoms with Crippen LogP contribution in [0.25, 0.3) is 0 Å². The Balaban J connectivity index is 2.72. The van der Waals surface area contributed by atoms with E-state index in [1.165, 1.54) is 4.90 Å². The smallest absolute Gasteiger partial charge is 0.232 e. The third kappa shape index (κ3) is 1.60. The lowest BCUT2D eigenvalue weighted by Gasteiger charge is -2.46. The highest BCUT2D eigenvalue weighted by Crippen LogP contribution is 2.32. The Morgan fingerprint density at radius 1 is 1.62 bits per heavy atom. The molecule has 1 aliphatic heterocycles. The zero-order chi connectivity index (χ0) is 10.2. The summed E-state index contributed by atoms with van der Waals surface area (Å²) in [7, 11) is 0. The number of nitrogens with zero attached hydrogens (tertiary/aromatic N) is 1. The summed E-state index contributed by atoms with van der Waals surface area (Å²) >= 11 is 0. The molecule has 1 unspecified atom stereocenters. The second kappa shape index (κ2) is 3.13. The van der Waals surface area contributed by atoms with E-state index in [0.29, 0.717) is 6.42 Å². The Kier molecular flexibility index (Phi) is 2.46. The van der Waals surface area contributed by atoms with Crippen molar-refractivity contribution in [3.05, 3.63) is 0 Å².